The summed E-state index contributed by atoms with van der Waals surface area (Å²) in [5, 5.41) is 23.6. The number of hydrogen-bond acceptors (Lipinski definition) is 5. The Hall–Kier alpha value is -4.36. The van der Waals surface area contributed by atoms with Crippen LogP contribution in [0.1, 0.15) is 61.8 Å². The van der Waals surface area contributed by atoms with E-state index < -0.39 is 33.3 Å². The molecule has 0 radical (unpaired) electrons. The summed E-state index contributed by atoms with van der Waals surface area (Å²) in [6.45, 7) is 3.68. The molecule has 0 heterocycles. The predicted octanol–water partition coefficient (Wildman–Crippen LogP) is 12.7. The molecule has 0 saturated carbocycles. The molecular formula is C34H28Cl2F6N2O5. The van der Waals surface area contributed by atoms with Gasteiger partial charge in [0.05, 0.1) is 21.0 Å². The van der Waals surface area contributed by atoms with E-state index >= 15 is 0 Å². The van der Waals surface area contributed by atoms with Gasteiger partial charge in [-0.2, -0.15) is 26.3 Å². The Morgan fingerprint density at radius 1 is 0.633 bits per heavy atom. The zero-order valence-corrected chi connectivity index (χ0v) is 27.5. The second-order valence-electron chi connectivity index (χ2n) is 11.1. The Morgan fingerprint density at radius 3 is 1.29 bits per heavy atom. The van der Waals surface area contributed by atoms with Crippen molar-refractivity contribution in [2.24, 2.45) is 0 Å². The van der Waals surface area contributed by atoms with Crippen LogP contribution in [0.3, 0.4) is 0 Å². The highest BCUT2D eigenvalue weighted by Gasteiger charge is 2.34. The van der Waals surface area contributed by atoms with Crippen molar-refractivity contribution in [2.45, 2.75) is 64.7 Å². The summed E-state index contributed by atoms with van der Waals surface area (Å²) in [5.41, 5.74) is -2.56. The standard InChI is InChI=1S/C34H28Cl2F6N2O5/c1-3-5-7-23-27(43(45)46)13-15-29(31(23)21-11-9-19(17-25(21)35)33(37,38)39)49-30-16-14-28(44(47)48)24(8-6-4-2)32(30)22-12-10-20(18-26(22)36)34(40,41)42/h9-18H,3-8H2,1-2H3. The molecule has 0 bridgehead atoms. The average Bonchev–Trinajstić information content (AvgIpc) is 3.01. The Labute approximate surface area is 286 Å². The quantitative estimate of drug-likeness (QED) is 0.0822. The van der Waals surface area contributed by atoms with Gasteiger partial charge in [-0.05, 0) is 62.1 Å². The largest absolute Gasteiger partial charge is 0.456 e. The van der Waals surface area contributed by atoms with Crippen LogP contribution in [0, 0.1) is 20.2 Å². The van der Waals surface area contributed by atoms with Crippen molar-refractivity contribution in [3.63, 3.8) is 0 Å². The van der Waals surface area contributed by atoms with E-state index in [0.717, 1.165) is 36.4 Å². The maximum Gasteiger partial charge on any atom is 0.416 e. The fourth-order valence-corrected chi connectivity index (χ4v) is 6.00. The van der Waals surface area contributed by atoms with Crippen molar-refractivity contribution in [1.29, 1.82) is 0 Å². The number of nitro benzene ring substituents is 2. The van der Waals surface area contributed by atoms with Crippen LogP contribution in [0.2, 0.25) is 10.0 Å². The van der Waals surface area contributed by atoms with Gasteiger partial charge in [0.15, 0.2) is 0 Å². The molecule has 0 amide bonds. The third kappa shape index (κ3) is 8.27. The van der Waals surface area contributed by atoms with Crippen LogP contribution in [0.25, 0.3) is 22.3 Å². The van der Waals surface area contributed by atoms with Gasteiger partial charge in [0, 0.05) is 55.6 Å². The van der Waals surface area contributed by atoms with Gasteiger partial charge in [0.1, 0.15) is 11.5 Å². The van der Waals surface area contributed by atoms with Crippen molar-refractivity contribution >= 4 is 34.6 Å². The summed E-state index contributed by atoms with van der Waals surface area (Å²) in [5.74, 6) is -0.198. The van der Waals surface area contributed by atoms with Gasteiger partial charge in [0.25, 0.3) is 11.4 Å². The summed E-state index contributed by atoms with van der Waals surface area (Å²) < 4.78 is 87.6. The fraction of sp³-hybridized carbons (Fsp3) is 0.294. The molecule has 0 N–H and O–H groups in total. The highest BCUT2D eigenvalue weighted by molar-refractivity contribution is 6.34. The second-order valence-corrected chi connectivity index (χ2v) is 11.9. The molecular weight excluding hydrogens is 701 g/mol. The van der Waals surface area contributed by atoms with Crippen molar-refractivity contribution < 1.29 is 40.9 Å². The lowest BCUT2D eigenvalue weighted by Gasteiger charge is -2.21. The van der Waals surface area contributed by atoms with E-state index in [0.29, 0.717) is 37.8 Å². The van der Waals surface area contributed by atoms with Gasteiger partial charge in [-0.25, -0.2) is 0 Å². The van der Waals surface area contributed by atoms with Crippen LogP contribution in [-0.4, -0.2) is 9.85 Å². The lowest BCUT2D eigenvalue weighted by atomic mass is 9.91. The van der Waals surface area contributed by atoms with Crippen molar-refractivity contribution in [3.05, 3.63) is 113 Å². The normalized spacial score (nSPS) is 11.9. The van der Waals surface area contributed by atoms with E-state index in [4.69, 9.17) is 27.9 Å². The highest BCUT2D eigenvalue weighted by atomic mass is 35.5. The summed E-state index contributed by atoms with van der Waals surface area (Å²) in [6, 6.07) is 9.84. The van der Waals surface area contributed by atoms with Gasteiger partial charge < -0.3 is 4.74 Å². The van der Waals surface area contributed by atoms with Crippen LogP contribution < -0.4 is 4.74 Å². The molecule has 0 fully saturated rings. The van der Waals surface area contributed by atoms with E-state index in [2.05, 4.69) is 0 Å². The molecule has 15 heteroatoms. The number of nitro groups is 2. The molecule has 7 nitrogen and oxygen atoms in total. The molecule has 0 aliphatic heterocycles. The van der Waals surface area contributed by atoms with Gasteiger partial charge >= 0.3 is 12.4 Å². The first-order valence-corrected chi connectivity index (χ1v) is 15.8. The summed E-state index contributed by atoms with van der Waals surface area (Å²) in [4.78, 5) is 23.0. The topological polar surface area (TPSA) is 95.5 Å². The third-order valence-electron chi connectivity index (χ3n) is 7.81. The second kappa shape index (κ2) is 15.0. The van der Waals surface area contributed by atoms with Crippen molar-refractivity contribution in [1.82, 2.24) is 0 Å². The number of nitrogens with zero attached hydrogens (tertiary/aromatic N) is 2. The van der Waals surface area contributed by atoms with Crippen molar-refractivity contribution in [3.8, 4) is 33.8 Å². The van der Waals surface area contributed by atoms with Crippen LogP contribution in [0.4, 0.5) is 37.7 Å². The minimum absolute atomic E-state index is 0.0123. The molecule has 260 valence electrons. The van der Waals surface area contributed by atoms with Crippen LogP contribution in [-0.2, 0) is 25.2 Å². The minimum Gasteiger partial charge on any atom is -0.456 e. The first-order valence-electron chi connectivity index (χ1n) is 15.0. The van der Waals surface area contributed by atoms with Crippen LogP contribution in [0.5, 0.6) is 11.5 Å². The highest BCUT2D eigenvalue weighted by Crippen LogP contribution is 2.49. The number of unbranched alkanes of at least 4 members (excludes halogenated alkanes) is 2. The van der Waals surface area contributed by atoms with Crippen molar-refractivity contribution in [2.75, 3.05) is 0 Å². The lowest BCUT2D eigenvalue weighted by Crippen LogP contribution is -2.06. The average molecular weight is 730 g/mol. The summed E-state index contributed by atoms with van der Waals surface area (Å²) in [6.07, 6.45) is -7.17. The van der Waals surface area contributed by atoms with Crippen LogP contribution >= 0.6 is 23.2 Å². The van der Waals surface area contributed by atoms with Gasteiger partial charge in [0.2, 0.25) is 0 Å². The molecule has 4 aromatic rings. The minimum atomic E-state index is -4.74. The number of benzene rings is 4. The monoisotopic (exact) mass is 728 g/mol. The molecule has 0 atom stereocenters. The molecule has 0 spiro atoms. The van der Waals surface area contributed by atoms with Gasteiger partial charge in [-0.3, -0.25) is 20.2 Å². The van der Waals surface area contributed by atoms with E-state index in [1.54, 1.807) is 0 Å². The Bertz CT molecular complexity index is 1760. The van der Waals surface area contributed by atoms with E-state index in [1.807, 2.05) is 13.8 Å². The maximum absolute atomic E-state index is 13.5. The molecule has 0 saturated heterocycles. The number of rotatable bonds is 12. The molecule has 4 aromatic carbocycles. The number of alkyl halides is 6. The van der Waals surface area contributed by atoms with Gasteiger partial charge in [-0.15, -0.1) is 0 Å². The van der Waals surface area contributed by atoms with E-state index in [-0.39, 0.29) is 79.1 Å². The fourth-order valence-electron chi connectivity index (χ4n) is 5.45. The summed E-state index contributed by atoms with van der Waals surface area (Å²) in [7, 11) is 0. The Morgan fingerprint density at radius 2 is 1.00 bits per heavy atom. The van der Waals surface area contributed by atoms with E-state index in [1.165, 1.54) is 12.1 Å². The SMILES string of the molecule is CCCCc1c([N+](=O)[O-])ccc(Oc2ccc([N+](=O)[O-])c(CCCC)c2-c2ccc(C(F)(F)F)cc2Cl)c1-c1ccc(C(F)(F)F)cc1Cl. The number of ether oxygens (including phenoxy) is 1. The molecule has 49 heavy (non-hydrogen) atoms. The third-order valence-corrected chi connectivity index (χ3v) is 8.43. The first kappa shape index (κ1) is 37.5. The molecule has 0 aliphatic carbocycles. The molecule has 0 unspecified atom stereocenters. The smallest absolute Gasteiger partial charge is 0.416 e. The van der Waals surface area contributed by atoms with Gasteiger partial charge in [-0.1, -0.05) is 62.0 Å². The predicted molar refractivity (Wildman–Crippen MR) is 174 cm³/mol. The molecule has 0 aliphatic rings. The zero-order valence-electron chi connectivity index (χ0n) is 26.0. The number of hydrogen-bond donors (Lipinski definition) is 0. The first-order chi connectivity index (χ1) is 23.0. The maximum atomic E-state index is 13.5. The van der Waals surface area contributed by atoms with E-state index in [9.17, 15) is 46.6 Å². The Balaban J connectivity index is 2.07. The molecule has 0 aromatic heterocycles. The molecule has 4 rings (SSSR count). The van der Waals surface area contributed by atoms with Crippen LogP contribution in [0.15, 0.2) is 60.7 Å². The lowest BCUT2D eigenvalue weighted by molar-refractivity contribution is -0.385. The summed E-state index contributed by atoms with van der Waals surface area (Å²) >= 11 is 12.8. The zero-order chi connectivity index (χ0) is 36.3. The Kier molecular flexibility index (Phi) is 11.5. The number of halogens is 8.